The zero-order valence-corrected chi connectivity index (χ0v) is 15.7. The van der Waals surface area contributed by atoms with Crippen molar-refractivity contribution in [1.82, 2.24) is 10.2 Å². The number of fused-ring (bicyclic) bond motifs is 1. The number of halogens is 2. The van der Waals surface area contributed by atoms with Gasteiger partial charge in [0.15, 0.2) is 17.4 Å². The number of benzene rings is 1. The van der Waals surface area contributed by atoms with Crippen LogP contribution in [0.3, 0.4) is 0 Å². The second-order valence-corrected chi connectivity index (χ2v) is 8.13. The first-order valence-electron chi connectivity index (χ1n) is 9.53. The number of carbonyl (C=O) groups excluding carboxylic acids is 1. The number of nitrogens with zero attached hydrogens (tertiary/aromatic N) is 1. The Morgan fingerprint density at radius 1 is 1.23 bits per heavy atom. The highest BCUT2D eigenvalue weighted by Gasteiger charge is 2.35. The van der Waals surface area contributed by atoms with Crippen molar-refractivity contribution in [3.05, 3.63) is 28.8 Å². The SMILES string of the molecule is CC(C)N[C@@H](C)C1CCC(CN2Cc3cc(F)c(O)c(F)c3C2=O)CC1. The Morgan fingerprint density at radius 3 is 2.50 bits per heavy atom. The number of carbonyl (C=O) groups is 1. The summed E-state index contributed by atoms with van der Waals surface area (Å²) in [6.07, 6.45) is 4.31. The minimum atomic E-state index is -1.13. The molecule has 1 atom stereocenters. The Balaban J connectivity index is 1.58. The summed E-state index contributed by atoms with van der Waals surface area (Å²) in [7, 11) is 0. The van der Waals surface area contributed by atoms with Gasteiger partial charge in [0.1, 0.15) is 0 Å². The van der Waals surface area contributed by atoms with Crippen molar-refractivity contribution in [2.45, 2.75) is 65.1 Å². The molecule has 6 heteroatoms. The number of hydrogen-bond acceptors (Lipinski definition) is 3. The minimum Gasteiger partial charge on any atom is -0.503 e. The van der Waals surface area contributed by atoms with E-state index < -0.39 is 23.3 Å². The van der Waals surface area contributed by atoms with Crippen LogP contribution in [0.15, 0.2) is 6.07 Å². The van der Waals surface area contributed by atoms with E-state index in [0.717, 1.165) is 31.7 Å². The van der Waals surface area contributed by atoms with Crippen LogP contribution < -0.4 is 5.32 Å². The van der Waals surface area contributed by atoms with Crippen LogP contribution in [-0.2, 0) is 6.54 Å². The van der Waals surface area contributed by atoms with Crippen molar-refractivity contribution in [3.63, 3.8) is 0 Å². The van der Waals surface area contributed by atoms with Gasteiger partial charge in [0.2, 0.25) is 0 Å². The summed E-state index contributed by atoms with van der Waals surface area (Å²) in [4.78, 5) is 14.1. The quantitative estimate of drug-likeness (QED) is 0.833. The van der Waals surface area contributed by atoms with E-state index in [4.69, 9.17) is 0 Å². The van der Waals surface area contributed by atoms with Crippen LogP contribution in [0.25, 0.3) is 0 Å². The maximum atomic E-state index is 14.1. The molecule has 3 rings (SSSR count). The predicted octanol–water partition coefficient (Wildman–Crippen LogP) is 3.82. The van der Waals surface area contributed by atoms with E-state index in [9.17, 15) is 18.7 Å². The normalized spacial score (nSPS) is 24.2. The lowest BCUT2D eigenvalue weighted by molar-refractivity contribution is 0.0721. The summed E-state index contributed by atoms with van der Waals surface area (Å²) in [6.45, 7) is 7.31. The first-order chi connectivity index (χ1) is 12.3. The molecule has 144 valence electrons. The molecule has 1 aromatic rings. The van der Waals surface area contributed by atoms with Crippen molar-refractivity contribution in [2.24, 2.45) is 11.8 Å². The van der Waals surface area contributed by atoms with Gasteiger partial charge in [0, 0.05) is 25.2 Å². The van der Waals surface area contributed by atoms with Gasteiger partial charge in [0.05, 0.1) is 5.56 Å². The summed E-state index contributed by atoms with van der Waals surface area (Å²) in [5.41, 5.74) is 0.151. The Bertz CT molecular complexity index is 685. The van der Waals surface area contributed by atoms with Crippen LogP contribution in [0.5, 0.6) is 5.75 Å². The molecule has 1 saturated carbocycles. The lowest BCUT2D eigenvalue weighted by Gasteiger charge is -2.35. The molecule has 1 fully saturated rings. The van der Waals surface area contributed by atoms with Gasteiger partial charge in [-0.1, -0.05) is 13.8 Å². The lowest BCUT2D eigenvalue weighted by Crippen LogP contribution is -2.40. The molecule has 2 aliphatic rings. The van der Waals surface area contributed by atoms with Crippen LogP contribution in [0.1, 0.15) is 62.4 Å². The third kappa shape index (κ3) is 3.70. The number of amides is 1. The molecule has 0 saturated heterocycles. The molecule has 4 nitrogen and oxygen atoms in total. The van der Waals surface area contributed by atoms with Crippen LogP contribution in [0.4, 0.5) is 8.78 Å². The standard InChI is InChI=1S/C20H28F2N2O2/c1-11(2)23-12(3)14-6-4-13(5-7-14)9-24-10-15-8-16(21)19(25)18(22)17(15)20(24)26/h8,11-14,23,25H,4-7,9-10H2,1-3H3/t12-,13?,14?/m0/s1. The summed E-state index contributed by atoms with van der Waals surface area (Å²) < 4.78 is 27.6. The largest absolute Gasteiger partial charge is 0.503 e. The zero-order valence-electron chi connectivity index (χ0n) is 15.7. The van der Waals surface area contributed by atoms with Gasteiger partial charge in [-0.15, -0.1) is 0 Å². The van der Waals surface area contributed by atoms with Crippen molar-refractivity contribution < 1.29 is 18.7 Å². The molecule has 0 spiro atoms. The lowest BCUT2D eigenvalue weighted by atomic mass is 9.78. The van der Waals surface area contributed by atoms with Crippen LogP contribution in [-0.4, -0.2) is 34.5 Å². The average Bonchev–Trinajstić information content (AvgIpc) is 2.88. The molecule has 26 heavy (non-hydrogen) atoms. The first kappa shape index (κ1) is 19.1. The molecule has 0 unspecified atom stereocenters. The number of phenols is 1. The van der Waals surface area contributed by atoms with Gasteiger partial charge in [-0.25, -0.2) is 8.78 Å². The topological polar surface area (TPSA) is 52.6 Å². The summed E-state index contributed by atoms with van der Waals surface area (Å²) >= 11 is 0. The Labute approximate surface area is 153 Å². The Hall–Kier alpha value is -1.69. The maximum absolute atomic E-state index is 14.1. The maximum Gasteiger partial charge on any atom is 0.257 e. The molecular weight excluding hydrogens is 338 g/mol. The highest BCUT2D eigenvalue weighted by molar-refractivity contribution is 5.99. The summed E-state index contributed by atoms with van der Waals surface area (Å²) in [6, 6.07) is 2.02. The van der Waals surface area contributed by atoms with E-state index in [1.165, 1.54) is 0 Å². The van der Waals surface area contributed by atoms with Crippen molar-refractivity contribution >= 4 is 5.91 Å². The number of nitrogens with one attached hydrogen (secondary N) is 1. The fourth-order valence-electron chi connectivity index (χ4n) is 4.44. The van der Waals surface area contributed by atoms with Crippen molar-refractivity contribution in [1.29, 1.82) is 0 Å². The monoisotopic (exact) mass is 366 g/mol. The van der Waals surface area contributed by atoms with Gasteiger partial charge >= 0.3 is 0 Å². The second kappa shape index (κ2) is 7.51. The van der Waals surface area contributed by atoms with E-state index in [-0.39, 0.29) is 12.1 Å². The van der Waals surface area contributed by atoms with Crippen molar-refractivity contribution in [2.75, 3.05) is 6.54 Å². The molecule has 1 amide bonds. The van der Waals surface area contributed by atoms with E-state index in [1.807, 2.05) is 0 Å². The average molecular weight is 366 g/mol. The van der Waals surface area contributed by atoms with Gasteiger partial charge < -0.3 is 15.3 Å². The third-order valence-electron chi connectivity index (χ3n) is 5.81. The zero-order chi connectivity index (χ0) is 19.0. The molecule has 1 heterocycles. The highest BCUT2D eigenvalue weighted by atomic mass is 19.1. The first-order valence-corrected chi connectivity index (χ1v) is 9.53. The fraction of sp³-hybridized carbons (Fsp3) is 0.650. The molecule has 1 aliphatic carbocycles. The number of rotatable bonds is 5. The molecule has 2 N–H and O–H groups in total. The van der Waals surface area contributed by atoms with E-state index in [0.29, 0.717) is 36.0 Å². The van der Waals surface area contributed by atoms with Crippen LogP contribution >= 0.6 is 0 Å². The molecule has 0 radical (unpaired) electrons. The van der Waals surface area contributed by atoms with Gasteiger partial charge in [0.25, 0.3) is 5.91 Å². The van der Waals surface area contributed by atoms with E-state index in [1.54, 1.807) is 4.90 Å². The summed E-state index contributed by atoms with van der Waals surface area (Å²) in [5, 5.41) is 13.0. The van der Waals surface area contributed by atoms with Crippen molar-refractivity contribution in [3.8, 4) is 5.75 Å². The van der Waals surface area contributed by atoms with Gasteiger partial charge in [-0.05, 0) is 56.1 Å². The smallest absolute Gasteiger partial charge is 0.257 e. The predicted molar refractivity (Wildman–Crippen MR) is 95.9 cm³/mol. The number of phenolic OH excluding ortho intramolecular Hbond substituents is 1. The minimum absolute atomic E-state index is 0.174. The van der Waals surface area contributed by atoms with E-state index in [2.05, 4.69) is 26.1 Å². The van der Waals surface area contributed by atoms with E-state index >= 15 is 0 Å². The highest BCUT2D eigenvalue weighted by Crippen LogP contribution is 2.36. The molecule has 1 aromatic carbocycles. The molecular formula is C20H28F2N2O2. The number of aromatic hydroxyl groups is 1. The summed E-state index contributed by atoms with van der Waals surface area (Å²) in [5.74, 6) is -2.62. The fourth-order valence-corrected chi connectivity index (χ4v) is 4.44. The number of hydrogen-bond donors (Lipinski definition) is 2. The Morgan fingerprint density at radius 2 is 1.88 bits per heavy atom. The van der Waals surface area contributed by atoms with Gasteiger partial charge in [-0.3, -0.25) is 4.79 Å². The third-order valence-corrected chi connectivity index (χ3v) is 5.81. The van der Waals surface area contributed by atoms with Gasteiger partial charge in [-0.2, -0.15) is 0 Å². The molecule has 0 aromatic heterocycles. The van der Waals surface area contributed by atoms with Crippen LogP contribution in [0, 0.1) is 23.5 Å². The molecule has 1 aliphatic heterocycles. The Kier molecular flexibility index (Phi) is 5.51. The van der Waals surface area contributed by atoms with Crippen LogP contribution in [0.2, 0.25) is 0 Å². The molecule has 0 bridgehead atoms. The second-order valence-electron chi connectivity index (χ2n) is 8.13.